The summed E-state index contributed by atoms with van der Waals surface area (Å²) in [6.07, 6.45) is -0.437. The summed E-state index contributed by atoms with van der Waals surface area (Å²) in [7, 11) is 0. The van der Waals surface area contributed by atoms with Crippen molar-refractivity contribution >= 4 is 5.78 Å². The highest BCUT2D eigenvalue weighted by Crippen LogP contribution is 2.16. The van der Waals surface area contributed by atoms with E-state index in [0.717, 1.165) is 32.0 Å². The third kappa shape index (κ3) is 3.08. The third-order valence-electron chi connectivity index (χ3n) is 2.02. The molecule has 1 nitrogen and oxygen atoms in total. The summed E-state index contributed by atoms with van der Waals surface area (Å²) in [5.74, 6) is -2.11. The standard InChI is InChI=1S/C11H11F3O/c1-11(2,14)10(15)6-7-5-8(12)3-4-9(7)13/h3-5H,6H2,1-2H3. The Balaban J connectivity index is 2.90. The highest BCUT2D eigenvalue weighted by atomic mass is 19.1. The maximum atomic E-state index is 13.1. The van der Waals surface area contributed by atoms with Gasteiger partial charge in [-0.2, -0.15) is 0 Å². The van der Waals surface area contributed by atoms with Crippen LogP contribution in [0.5, 0.6) is 0 Å². The molecule has 0 amide bonds. The van der Waals surface area contributed by atoms with Crippen molar-refractivity contribution < 1.29 is 18.0 Å². The fraction of sp³-hybridized carbons (Fsp3) is 0.364. The lowest BCUT2D eigenvalue weighted by molar-refractivity contribution is -0.127. The highest BCUT2D eigenvalue weighted by Gasteiger charge is 2.27. The first-order chi connectivity index (χ1) is 6.80. The Morgan fingerprint density at radius 3 is 2.47 bits per heavy atom. The average molecular weight is 216 g/mol. The summed E-state index contributed by atoms with van der Waals surface area (Å²) in [6.45, 7) is 2.18. The van der Waals surface area contributed by atoms with Gasteiger partial charge in [0.2, 0.25) is 0 Å². The van der Waals surface area contributed by atoms with Gasteiger partial charge in [0.05, 0.1) is 0 Å². The fourth-order valence-corrected chi connectivity index (χ4v) is 1.06. The number of carbonyl (C=O) groups excluding carboxylic acids is 1. The molecule has 0 aliphatic carbocycles. The van der Waals surface area contributed by atoms with Gasteiger partial charge in [0.25, 0.3) is 0 Å². The number of halogens is 3. The van der Waals surface area contributed by atoms with E-state index in [-0.39, 0.29) is 5.56 Å². The maximum Gasteiger partial charge on any atom is 0.173 e. The SMILES string of the molecule is CC(C)(F)C(=O)Cc1cc(F)ccc1F. The quantitative estimate of drug-likeness (QED) is 0.759. The van der Waals surface area contributed by atoms with Crippen LogP contribution in [0.25, 0.3) is 0 Å². The van der Waals surface area contributed by atoms with Crippen LogP contribution in [0.2, 0.25) is 0 Å². The predicted octanol–water partition coefficient (Wildman–Crippen LogP) is 2.82. The second kappa shape index (κ2) is 4.04. The Morgan fingerprint density at radius 1 is 1.33 bits per heavy atom. The van der Waals surface area contributed by atoms with E-state index >= 15 is 0 Å². The molecular formula is C11H11F3O. The van der Waals surface area contributed by atoms with E-state index in [1.165, 1.54) is 0 Å². The van der Waals surface area contributed by atoms with Crippen LogP contribution in [0.15, 0.2) is 18.2 Å². The lowest BCUT2D eigenvalue weighted by atomic mass is 9.98. The first-order valence-electron chi connectivity index (χ1n) is 4.47. The number of ketones is 1. The van der Waals surface area contributed by atoms with E-state index in [0.29, 0.717) is 0 Å². The molecule has 1 rings (SSSR count). The Hall–Kier alpha value is -1.32. The Morgan fingerprint density at radius 2 is 1.93 bits per heavy atom. The summed E-state index contributed by atoms with van der Waals surface area (Å²) in [6, 6.07) is 2.77. The molecule has 0 heterocycles. The smallest absolute Gasteiger partial charge is 0.173 e. The van der Waals surface area contributed by atoms with Crippen LogP contribution in [0.3, 0.4) is 0 Å². The van der Waals surface area contributed by atoms with Crippen LogP contribution in [-0.2, 0) is 11.2 Å². The molecule has 4 heteroatoms. The van der Waals surface area contributed by atoms with E-state index in [1.54, 1.807) is 0 Å². The van der Waals surface area contributed by atoms with E-state index in [1.807, 2.05) is 0 Å². The molecule has 0 unspecified atom stereocenters. The molecule has 1 aromatic rings. The maximum absolute atomic E-state index is 13.1. The second-order valence-corrected chi connectivity index (χ2v) is 3.81. The molecule has 82 valence electrons. The third-order valence-corrected chi connectivity index (χ3v) is 2.02. The highest BCUT2D eigenvalue weighted by molar-refractivity contribution is 5.88. The summed E-state index contributed by atoms with van der Waals surface area (Å²) in [5.41, 5.74) is -2.15. The first kappa shape index (κ1) is 11.8. The number of rotatable bonds is 3. The van der Waals surface area contributed by atoms with Crippen molar-refractivity contribution in [2.75, 3.05) is 0 Å². The van der Waals surface area contributed by atoms with E-state index in [2.05, 4.69) is 0 Å². The summed E-state index contributed by atoms with van der Waals surface area (Å²) < 4.78 is 38.9. The number of Topliss-reactive ketones (excluding diaryl/α,β-unsaturated/α-hetero) is 1. The molecule has 0 N–H and O–H groups in total. The van der Waals surface area contributed by atoms with Gasteiger partial charge in [0.15, 0.2) is 11.5 Å². The summed E-state index contributed by atoms with van der Waals surface area (Å²) in [5, 5.41) is 0. The molecule has 0 bridgehead atoms. The first-order valence-corrected chi connectivity index (χ1v) is 4.47. The van der Waals surface area contributed by atoms with Gasteiger partial charge in [-0.3, -0.25) is 4.79 Å². The van der Waals surface area contributed by atoms with Crippen molar-refractivity contribution in [3.63, 3.8) is 0 Å². The molecular weight excluding hydrogens is 205 g/mol. The van der Waals surface area contributed by atoms with Crippen molar-refractivity contribution in [2.24, 2.45) is 0 Å². The lowest BCUT2D eigenvalue weighted by Crippen LogP contribution is -2.28. The Labute approximate surface area is 85.9 Å². The minimum absolute atomic E-state index is 0.120. The van der Waals surface area contributed by atoms with Crippen LogP contribution in [0, 0.1) is 11.6 Å². The largest absolute Gasteiger partial charge is 0.296 e. The number of benzene rings is 1. The van der Waals surface area contributed by atoms with Crippen LogP contribution >= 0.6 is 0 Å². The molecule has 0 aromatic heterocycles. The topological polar surface area (TPSA) is 17.1 Å². The minimum atomic E-state index is -2.03. The summed E-state index contributed by atoms with van der Waals surface area (Å²) >= 11 is 0. The monoisotopic (exact) mass is 216 g/mol. The van der Waals surface area contributed by atoms with Gasteiger partial charge >= 0.3 is 0 Å². The zero-order valence-corrected chi connectivity index (χ0v) is 8.48. The summed E-state index contributed by atoms with van der Waals surface area (Å²) in [4.78, 5) is 11.2. The van der Waals surface area contributed by atoms with Gasteiger partial charge in [0, 0.05) is 6.42 Å². The minimum Gasteiger partial charge on any atom is -0.296 e. The molecule has 1 aromatic carbocycles. The van der Waals surface area contributed by atoms with E-state index in [9.17, 15) is 18.0 Å². The molecule has 0 aliphatic rings. The van der Waals surface area contributed by atoms with Crippen molar-refractivity contribution in [3.8, 4) is 0 Å². The van der Waals surface area contributed by atoms with Gasteiger partial charge in [0.1, 0.15) is 11.6 Å². The van der Waals surface area contributed by atoms with Crippen molar-refractivity contribution in [2.45, 2.75) is 25.9 Å². The zero-order chi connectivity index (χ0) is 11.6. The van der Waals surface area contributed by atoms with E-state index in [4.69, 9.17) is 0 Å². The Kier molecular flexibility index (Phi) is 3.17. The van der Waals surface area contributed by atoms with Crippen LogP contribution in [0.1, 0.15) is 19.4 Å². The van der Waals surface area contributed by atoms with Crippen LogP contribution in [0.4, 0.5) is 13.2 Å². The fourth-order valence-electron chi connectivity index (χ4n) is 1.06. The molecule has 0 fully saturated rings. The molecule has 0 radical (unpaired) electrons. The normalized spacial score (nSPS) is 11.5. The number of hydrogen-bond acceptors (Lipinski definition) is 1. The lowest BCUT2D eigenvalue weighted by Gasteiger charge is -2.12. The van der Waals surface area contributed by atoms with Crippen molar-refractivity contribution in [3.05, 3.63) is 35.4 Å². The number of alkyl halides is 1. The van der Waals surface area contributed by atoms with E-state index < -0.39 is 29.5 Å². The Bertz CT molecular complexity index is 380. The molecule has 0 saturated heterocycles. The van der Waals surface area contributed by atoms with Crippen molar-refractivity contribution in [1.82, 2.24) is 0 Å². The van der Waals surface area contributed by atoms with Gasteiger partial charge in [-0.1, -0.05) is 0 Å². The molecule has 0 atom stereocenters. The average Bonchev–Trinajstić information content (AvgIpc) is 2.09. The van der Waals surface area contributed by atoms with Crippen molar-refractivity contribution in [1.29, 1.82) is 0 Å². The predicted molar refractivity (Wildman–Crippen MR) is 50.3 cm³/mol. The van der Waals surface area contributed by atoms with Crippen LogP contribution < -0.4 is 0 Å². The van der Waals surface area contributed by atoms with Gasteiger partial charge in [-0.15, -0.1) is 0 Å². The second-order valence-electron chi connectivity index (χ2n) is 3.81. The molecule has 0 saturated carbocycles. The zero-order valence-electron chi connectivity index (χ0n) is 8.48. The number of carbonyl (C=O) groups is 1. The number of hydrogen-bond donors (Lipinski definition) is 0. The van der Waals surface area contributed by atoms with Gasteiger partial charge < -0.3 is 0 Å². The van der Waals surface area contributed by atoms with Gasteiger partial charge in [-0.05, 0) is 37.6 Å². The molecule has 0 spiro atoms. The molecule has 15 heavy (non-hydrogen) atoms. The van der Waals surface area contributed by atoms with Crippen LogP contribution in [-0.4, -0.2) is 11.5 Å². The molecule has 0 aliphatic heterocycles. The van der Waals surface area contributed by atoms with Gasteiger partial charge in [-0.25, -0.2) is 13.2 Å².